The van der Waals surface area contributed by atoms with Crippen LogP contribution in [0, 0.1) is 12.7 Å². The Kier molecular flexibility index (Phi) is 4.17. The minimum Gasteiger partial charge on any atom is -0.450 e. The minimum absolute atomic E-state index is 0.0263. The molecule has 0 aliphatic carbocycles. The second kappa shape index (κ2) is 5.55. The highest BCUT2D eigenvalue weighted by Crippen LogP contribution is 2.28. The Morgan fingerprint density at radius 2 is 2.10 bits per heavy atom. The van der Waals surface area contributed by atoms with Gasteiger partial charge in [-0.2, -0.15) is 0 Å². The van der Waals surface area contributed by atoms with Gasteiger partial charge in [0.25, 0.3) is 10.0 Å². The van der Waals surface area contributed by atoms with Gasteiger partial charge in [0.05, 0.1) is 5.69 Å². The molecule has 0 saturated heterocycles. The maximum Gasteiger partial charge on any atom is 0.266 e. The van der Waals surface area contributed by atoms with Gasteiger partial charge in [-0.05, 0) is 40.5 Å². The van der Waals surface area contributed by atoms with E-state index < -0.39 is 22.4 Å². The molecular formula is C12H11BrFNO4S. The van der Waals surface area contributed by atoms with Crippen molar-refractivity contribution in [3.63, 3.8) is 0 Å². The number of nitrogens with one attached hydrogen (secondary N) is 1. The molecule has 0 amide bonds. The number of aliphatic hydroxyl groups is 1. The third kappa shape index (κ3) is 3.02. The lowest BCUT2D eigenvalue weighted by Gasteiger charge is -2.07. The fourth-order valence-electron chi connectivity index (χ4n) is 1.53. The van der Waals surface area contributed by atoms with Crippen molar-refractivity contribution < 1.29 is 22.3 Å². The molecule has 0 radical (unpaired) electrons. The summed E-state index contributed by atoms with van der Waals surface area (Å²) in [7, 11) is -3.93. The Morgan fingerprint density at radius 3 is 2.65 bits per heavy atom. The first-order valence-electron chi connectivity index (χ1n) is 5.51. The van der Waals surface area contributed by atoms with Gasteiger partial charge in [-0.1, -0.05) is 6.07 Å². The molecule has 0 atom stereocenters. The average Bonchev–Trinajstić information content (AvgIpc) is 2.76. The third-order valence-corrected chi connectivity index (χ3v) is 4.81. The Balaban J connectivity index is 2.35. The van der Waals surface area contributed by atoms with E-state index in [0.29, 0.717) is 5.56 Å². The molecule has 0 saturated carbocycles. The van der Waals surface area contributed by atoms with E-state index in [2.05, 4.69) is 20.7 Å². The molecule has 1 heterocycles. The molecule has 20 heavy (non-hydrogen) atoms. The number of halogens is 2. The van der Waals surface area contributed by atoms with Crippen LogP contribution in [0.5, 0.6) is 0 Å². The van der Waals surface area contributed by atoms with E-state index in [9.17, 15) is 12.8 Å². The number of rotatable bonds is 4. The van der Waals surface area contributed by atoms with Gasteiger partial charge in [0.1, 0.15) is 23.1 Å². The summed E-state index contributed by atoms with van der Waals surface area (Å²) in [6.07, 6.45) is 0. The number of sulfonamides is 1. The smallest absolute Gasteiger partial charge is 0.266 e. The summed E-state index contributed by atoms with van der Waals surface area (Å²) < 4.78 is 44.9. The van der Waals surface area contributed by atoms with Crippen molar-refractivity contribution >= 4 is 31.6 Å². The number of furan rings is 1. The zero-order chi connectivity index (χ0) is 14.9. The largest absolute Gasteiger partial charge is 0.450 e. The highest BCUT2D eigenvalue weighted by atomic mass is 79.9. The topological polar surface area (TPSA) is 79.5 Å². The van der Waals surface area contributed by atoms with Gasteiger partial charge < -0.3 is 9.52 Å². The van der Waals surface area contributed by atoms with Gasteiger partial charge >= 0.3 is 0 Å². The third-order valence-electron chi connectivity index (χ3n) is 2.58. The van der Waals surface area contributed by atoms with Crippen LogP contribution in [0.25, 0.3) is 0 Å². The summed E-state index contributed by atoms with van der Waals surface area (Å²) in [6.45, 7) is 1.15. The van der Waals surface area contributed by atoms with Crippen molar-refractivity contribution in [2.45, 2.75) is 18.4 Å². The van der Waals surface area contributed by atoms with E-state index in [0.717, 1.165) is 6.07 Å². The van der Waals surface area contributed by atoms with Crippen LogP contribution < -0.4 is 4.72 Å². The summed E-state index contributed by atoms with van der Waals surface area (Å²) in [5.41, 5.74) is 0.520. The molecule has 0 fully saturated rings. The quantitative estimate of drug-likeness (QED) is 0.875. The zero-order valence-corrected chi connectivity index (χ0v) is 12.8. The highest BCUT2D eigenvalue weighted by Gasteiger charge is 2.22. The number of hydrogen-bond donors (Lipinski definition) is 2. The molecule has 0 aliphatic heterocycles. The van der Waals surface area contributed by atoms with E-state index in [1.165, 1.54) is 18.2 Å². The standard InChI is InChI=1S/C12H11BrFNO4S/c1-7-2-3-8(4-10(7)14)15-20(17,18)11-5-9(6-16)19-12(11)13/h2-5,15-16H,6H2,1H3. The summed E-state index contributed by atoms with van der Waals surface area (Å²) in [5.74, 6) is -0.403. The first-order valence-corrected chi connectivity index (χ1v) is 7.79. The fourth-order valence-corrected chi connectivity index (χ4v) is 3.57. The maximum atomic E-state index is 13.4. The predicted octanol–water partition coefficient (Wildman–Crippen LogP) is 2.78. The SMILES string of the molecule is Cc1ccc(NS(=O)(=O)c2cc(CO)oc2Br)cc1F. The molecule has 8 heteroatoms. The summed E-state index contributed by atoms with van der Waals surface area (Å²) in [6, 6.07) is 5.21. The summed E-state index contributed by atoms with van der Waals surface area (Å²) in [4.78, 5) is -0.164. The molecule has 2 aromatic rings. The van der Waals surface area contributed by atoms with Crippen LogP contribution in [-0.2, 0) is 16.6 Å². The van der Waals surface area contributed by atoms with Gasteiger partial charge in [-0.25, -0.2) is 12.8 Å². The monoisotopic (exact) mass is 363 g/mol. The molecule has 2 N–H and O–H groups in total. The van der Waals surface area contributed by atoms with Crippen molar-refractivity contribution in [2.24, 2.45) is 0 Å². The van der Waals surface area contributed by atoms with Crippen molar-refractivity contribution in [3.8, 4) is 0 Å². The van der Waals surface area contributed by atoms with Gasteiger partial charge in [0.2, 0.25) is 0 Å². The normalized spacial score (nSPS) is 11.6. The second-order valence-corrected chi connectivity index (χ2v) is 6.45. The summed E-state index contributed by atoms with van der Waals surface area (Å²) in [5, 5.41) is 8.92. The Labute approximate surface area is 123 Å². The van der Waals surface area contributed by atoms with E-state index in [1.54, 1.807) is 6.92 Å². The van der Waals surface area contributed by atoms with Crippen molar-refractivity contribution in [1.29, 1.82) is 0 Å². The zero-order valence-electron chi connectivity index (χ0n) is 10.4. The first-order chi connectivity index (χ1) is 9.33. The lowest BCUT2D eigenvalue weighted by Crippen LogP contribution is -2.13. The van der Waals surface area contributed by atoms with Crippen LogP contribution in [0.15, 0.2) is 38.2 Å². The molecule has 0 spiro atoms. The van der Waals surface area contributed by atoms with Crippen LogP contribution in [-0.4, -0.2) is 13.5 Å². The first kappa shape index (κ1) is 15.0. The Bertz CT molecular complexity index is 742. The molecule has 2 rings (SSSR count). The molecule has 108 valence electrons. The van der Waals surface area contributed by atoms with Gasteiger partial charge in [-0.3, -0.25) is 4.72 Å². The second-order valence-electron chi connectivity index (χ2n) is 4.08. The number of hydrogen-bond acceptors (Lipinski definition) is 4. The molecule has 0 aliphatic rings. The molecule has 0 bridgehead atoms. The highest BCUT2D eigenvalue weighted by molar-refractivity contribution is 9.10. The number of aliphatic hydroxyl groups excluding tert-OH is 1. The molecule has 1 aromatic carbocycles. The predicted molar refractivity (Wildman–Crippen MR) is 74.3 cm³/mol. The van der Waals surface area contributed by atoms with Crippen molar-refractivity contribution in [1.82, 2.24) is 0 Å². The van der Waals surface area contributed by atoms with Gasteiger partial charge in [0, 0.05) is 6.07 Å². The lowest BCUT2D eigenvalue weighted by molar-refractivity contribution is 0.245. The average molecular weight is 364 g/mol. The number of aryl methyl sites for hydroxylation is 1. The van der Waals surface area contributed by atoms with Crippen LogP contribution in [0.4, 0.5) is 10.1 Å². The minimum atomic E-state index is -3.93. The molecule has 5 nitrogen and oxygen atoms in total. The van der Waals surface area contributed by atoms with E-state index in [1.807, 2.05) is 0 Å². The fraction of sp³-hybridized carbons (Fsp3) is 0.167. The molecular weight excluding hydrogens is 353 g/mol. The van der Waals surface area contributed by atoms with Crippen LogP contribution in [0.1, 0.15) is 11.3 Å². The lowest BCUT2D eigenvalue weighted by atomic mass is 10.2. The van der Waals surface area contributed by atoms with Gasteiger partial charge in [-0.15, -0.1) is 0 Å². The molecule has 1 aromatic heterocycles. The number of benzene rings is 1. The van der Waals surface area contributed by atoms with Crippen molar-refractivity contribution in [2.75, 3.05) is 4.72 Å². The van der Waals surface area contributed by atoms with E-state index >= 15 is 0 Å². The van der Waals surface area contributed by atoms with Crippen molar-refractivity contribution in [3.05, 3.63) is 46.1 Å². The Morgan fingerprint density at radius 1 is 1.40 bits per heavy atom. The Hall–Kier alpha value is -1.38. The van der Waals surface area contributed by atoms with E-state index in [-0.39, 0.29) is 21.0 Å². The van der Waals surface area contributed by atoms with Crippen LogP contribution in [0.2, 0.25) is 0 Å². The van der Waals surface area contributed by atoms with Crippen LogP contribution in [0.3, 0.4) is 0 Å². The van der Waals surface area contributed by atoms with Gasteiger partial charge in [0.15, 0.2) is 4.67 Å². The van der Waals surface area contributed by atoms with E-state index in [4.69, 9.17) is 9.52 Å². The maximum absolute atomic E-state index is 13.4. The molecule has 0 unspecified atom stereocenters. The number of anilines is 1. The summed E-state index contributed by atoms with van der Waals surface area (Å²) >= 11 is 2.96. The van der Waals surface area contributed by atoms with Crippen LogP contribution >= 0.6 is 15.9 Å².